The van der Waals surface area contributed by atoms with E-state index in [2.05, 4.69) is 5.32 Å². The van der Waals surface area contributed by atoms with Gasteiger partial charge in [0.2, 0.25) is 0 Å². The molecule has 21 heavy (non-hydrogen) atoms. The van der Waals surface area contributed by atoms with Crippen LogP contribution >= 0.6 is 0 Å². The van der Waals surface area contributed by atoms with Crippen molar-refractivity contribution in [2.24, 2.45) is 0 Å². The predicted octanol–water partition coefficient (Wildman–Crippen LogP) is 2.92. The molecular formula is C16H16N2O3. The van der Waals surface area contributed by atoms with Gasteiger partial charge < -0.3 is 15.3 Å². The van der Waals surface area contributed by atoms with Crippen molar-refractivity contribution in [3.63, 3.8) is 0 Å². The van der Waals surface area contributed by atoms with E-state index in [-0.39, 0.29) is 18.6 Å². The average molecular weight is 284 g/mol. The Morgan fingerprint density at radius 2 is 1.86 bits per heavy atom. The molecule has 2 aromatic carbocycles. The van der Waals surface area contributed by atoms with Crippen LogP contribution in [0.5, 0.6) is 0 Å². The summed E-state index contributed by atoms with van der Waals surface area (Å²) in [7, 11) is 0. The molecule has 1 aliphatic carbocycles. The molecule has 0 spiro atoms. The molecule has 1 aliphatic rings. The lowest BCUT2D eigenvalue weighted by atomic mass is 10.1. The normalized spacial score (nSPS) is 13.9. The van der Waals surface area contributed by atoms with Crippen LogP contribution in [0.2, 0.25) is 0 Å². The number of nitrogens with zero attached hydrogens (tertiary/aromatic N) is 1. The third-order valence-electron chi connectivity index (χ3n) is 3.59. The Hall–Kier alpha value is -2.56. The van der Waals surface area contributed by atoms with Crippen LogP contribution in [0.3, 0.4) is 0 Å². The number of benzene rings is 2. The van der Waals surface area contributed by atoms with Crippen LogP contribution in [-0.2, 0) is 4.79 Å². The van der Waals surface area contributed by atoms with Crippen LogP contribution in [0, 0.1) is 0 Å². The minimum Gasteiger partial charge on any atom is -0.480 e. The molecule has 2 aromatic rings. The van der Waals surface area contributed by atoms with Crippen molar-refractivity contribution in [3.8, 4) is 0 Å². The van der Waals surface area contributed by atoms with Gasteiger partial charge in [-0.3, -0.25) is 4.79 Å². The van der Waals surface area contributed by atoms with Gasteiger partial charge in [-0.1, -0.05) is 36.4 Å². The molecule has 108 valence electrons. The first kappa shape index (κ1) is 13.4. The molecule has 0 aliphatic heterocycles. The average Bonchev–Trinajstić information content (AvgIpc) is 3.29. The van der Waals surface area contributed by atoms with Gasteiger partial charge in [0.05, 0.1) is 5.69 Å². The second kappa shape index (κ2) is 5.44. The quantitative estimate of drug-likeness (QED) is 0.907. The highest BCUT2D eigenvalue weighted by Crippen LogP contribution is 2.28. The number of nitrogens with one attached hydrogen (secondary N) is 1. The number of rotatable bonds is 4. The van der Waals surface area contributed by atoms with Crippen LogP contribution in [0.25, 0.3) is 10.8 Å². The number of hydrogen-bond acceptors (Lipinski definition) is 2. The summed E-state index contributed by atoms with van der Waals surface area (Å²) < 4.78 is 0. The van der Waals surface area contributed by atoms with E-state index >= 15 is 0 Å². The summed E-state index contributed by atoms with van der Waals surface area (Å²) in [6.07, 6.45) is 1.74. The first-order chi connectivity index (χ1) is 10.1. The van der Waals surface area contributed by atoms with Gasteiger partial charge in [-0.25, -0.2) is 4.79 Å². The summed E-state index contributed by atoms with van der Waals surface area (Å²) >= 11 is 0. The summed E-state index contributed by atoms with van der Waals surface area (Å²) in [6, 6.07) is 13.1. The van der Waals surface area contributed by atoms with E-state index in [4.69, 9.17) is 5.11 Å². The molecule has 2 amide bonds. The van der Waals surface area contributed by atoms with Gasteiger partial charge in [-0.2, -0.15) is 0 Å². The van der Waals surface area contributed by atoms with E-state index in [1.807, 2.05) is 42.5 Å². The second-order valence-corrected chi connectivity index (χ2v) is 5.21. The monoisotopic (exact) mass is 284 g/mol. The molecule has 1 saturated carbocycles. The third-order valence-corrected chi connectivity index (χ3v) is 3.59. The zero-order valence-electron chi connectivity index (χ0n) is 11.5. The smallest absolute Gasteiger partial charge is 0.323 e. The molecule has 0 atom stereocenters. The molecule has 1 fully saturated rings. The van der Waals surface area contributed by atoms with Crippen LogP contribution < -0.4 is 5.32 Å². The Labute approximate surface area is 122 Å². The van der Waals surface area contributed by atoms with Crippen molar-refractivity contribution < 1.29 is 14.7 Å². The molecule has 3 rings (SSSR count). The summed E-state index contributed by atoms with van der Waals surface area (Å²) in [6.45, 7) is -0.263. The van der Waals surface area contributed by atoms with Crippen molar-refractivity contribution >= 4 is 28.5 Å². The van der Waals surface area contributed by atoms with Gasteiger partial charge in [0, 0.05) is 11.4 Å². The van der Waals surface area contributed by atoms with Crippen LogP contribution in [0.4, 0.5) is 10.5 Å². The molecule has 0 unspecified atom stereocenters. The van der Waals surface area contributed by atoms with Crippen molar-refractivity contribution in [1.82, 2.24) is 4.90 Å². The maximum absolute atomic E-state index is 12.3. The molecule has 5 nitrogen and oxygen atoms in total. The first-order valence-corrected chi connectivity index (χ1v) is 6.92. The van der Waals surface area contributed by atoms with E-state index in [0.29, 0.717) is 5.69 Å². The van der Waals surface area contributed by atoms with Gasteiger partial charge in [-0.15, -0.1) is 0 Å². The number of carboxylic acid groups (broad SMARTS) is 1. The number of hydrogen-bond donors (Lipinski definition) is 2. The molecule has 0 bridgehead atoms. The Morgan fingerprint density at radius 3 is 2.57 bits per heavy atom. The number of urea groups is 1. The summed E-state index contributed by atoms with van der Waals surface area (Å²) in [4.78, 5) is 24.6. The van der Waals surface area contributed by atoms with Gasteiger partial charge >= 0.3 is 12.0 Å². The van der Waals surface area contributed by atoms with E-state index in [1.54, 1.807) is 0 Å². The van der Waals surface area contributed by atoms with E-state index in [9.17, 15) is 9.59 Å². The Kier molecular flexibility index (Phi) is 3.48. The van der Waals surface area contributed by atoms with E-state index in [0.717, 1.165) is 23.6 Å². The molecule has 0 heterocycles. The van der Waals surface area contributed by atoms with Gasteiger partial charge in [0.25, 0.3) is 0 Å². The highest BCUT2D eigenvalue weighted by Gasteiger charge is 2.34. The van der Waals surface area contributed by atoms with Crippen LogP contribution in [-0.4, -0.2) is 34.6 Å². The minimum absolute atomic E-state index is 0.0519. The van der Waals surface area contributed by atoms with Crippen LogP contribution in [0.1, 0.15) is 12.8 Å². The lowest BCUT2D eigenvalue weighted by Gasteiger charge is -2.21. The predicted molar refractivity (Wildman–Crippen MR) is 80.3 cm³/mol. The number of carboxylic acids is 1. The number of amides is 2. The molecule has 0 saturated heterocycles. The minimum atomic E-state index is -0.991. The topological polar surface area (TPSA) is 69.6 Å². The molecule has 2 N–H and O–H groups in total. The number of carbonyl (C=O) groups is 2. The van der Waals surface area contributed by atoms with Crippen molar-refractivity contribution in [3.05, 3.63) is 42.5 Å². The SMILES string of the molecule is O=C(O)CN(C(=O)Nc1cccc2ccccc12)C1CC1. The summed E-state index contributed by atoms with van der Waals surface area (Å²) in [5.74, 6) is -0.991. The number of anilines is 1. The van der Waals surface area contributed by atoms with E-state index in [1.165, 1.54) is 4.90 Å². The van der Waals surface area contributed by atoms with Crippen molar-refractivity contribution in [1.29, 1.82) is 0 Å². The number of fused-ring (bicyclic) bond motifs is 1. The molecule has 5 heteroatoms. The van der Waals surface area contributed by atoms with Crippen molar-refractivity contribution in [2.75, 3.05) is 11.9 Å². The fraction of sp³-hybridized carbons (Fsp3) is 0.250. The van der Waals surface area contributed by atoms with E-state index < -0.39 is 5.97 Å². The van der Waals surface area contributed by atoms with Gasteiger partial charge in [-0.05, 0) is 24.3 Å². The molecule has 0 radical (unpaired) electrons. The molecule has 0 aromatic heterocycles. The Balaban J connectivity index is 1.83. The third kappa shape index (κ3) is 2.97. The van der Waals surface area contributed by atoms with Gasteiger partial charge in [0.15, 0.2) is 0 Å². The highest BCUT2D eigenvalue weighted by molar-refractivity contribution is 6.02. The fourth-order valence-corrected chi connectivity index (χ4v) is 2.42. The number of aliphatic carboxylic acids is 1. The zero-order valence-corrected chi connectivity index (χ0v) is 11.5. The van der Waals surface area contributed by atoms with Crippen molar-refractivity contribution in [2.45, 2.75) is 18.9 Å². The fourth-order valence-electron chi connectivity index (χ4n) is 2.42. The summed E-state index contributed by atoms with van der Waals surface area (Å²) in [5, 5.41) is 13.7. The number of carbonyl (C=O) groups excluding carboxylic acids is 1. The lowest BCUT2D eigenvalue weighted by molar-refractivity contribution is -0.137. The largest absolute Gasteiger partial charge is 0.480 e. The maximum atomic E-state index is 12.3. The Bertz CT molecular complexity index is 689. The standard InChI is InChI=1S/C16H16N2O3/c19-15(20)10-18(12-8-9-12)16(21)17-14-7-3-5-11-4-1-2-6-13(11)14/h1-7,12H,8-10H2,(H,17,21)(H,19,20). The first-order valence-electron chi connectivity index (χ1n) is 6.92. The molecular weight excluding hydrogens is 268 g/mol. The van der Waals surface area contributed by atoms with Gasteiger partial charge in [0.1, 0.15) is 6.54 Å². The zero-order chi connectivity index (χ0) is 14.8. The summed E-state index contributed by atoms with van der Waals surface area (Å²) in [5.41, 5.74) is 0.703. The van der Waals surface area contributed by atoms with Crippen LogP contribution in [0.15, 0.2) is 42.5 Å². The highest BCUT2D eigenvalue weighted by atomic mass is 16.4. The second-order valence-electron chi connectivity index (χ2n) is 5.21. The Morgan fingerprint density at radius 1 is 1.14 bits per heavy atom. The lowest BCUT2D eigenvalue weighted by Crippen LogP contribution is -2.40. The maximum Gasteiger partial charge on any atom is 0.323 e.